The standard InChI is InChI=1S/C20H27N5O5S/c1-15-12-22-25(14-15)17-2-3-18(21-13-17)16-4-8-24(9-5-16)31(28,29)20(19(26)23-27)6-10-30-11-7-20/h2-3,12-14,16,27H,4-11H2,1H3,(H,23,26). The Hall–Kier alpha value is -2.34. The number of aryl methyl sites for hydroxylation is 1. The molecule has 2 aliphatic rings. The number of hydrogen-bond acceptors (Lipinski definition) is 7. The van der Waals surface area contributed by atoms with Crippen LogP contribution in [0.5, 0.6) is 0 Å². The summed E-state index contributed by atoms with van der Waals surface area (Å²) in [6.45, 7) is 2.90. The number of pyridine rings is 1. The van der Waals surface area contributed by atoms with Crippen LogP contribution in [0.3, 0.4) is 0 Å². The Bertz CT molecular complexity index is 1020. The summed E-state index contributed by atoms with van der Waals surface area (Å²) in [5, 5.41) is 13.5. The molecule has 0 unspecified atom stereocenters. The number of amides is 1. The molecular weight excluding hydrogens is 422 g/mol. The molecule has 2 aliphatic heterocycles. The van der Waals surface area contributed by atoms with Gasteiger partial charge in [0.2, 0.25) is 10.0 Å². The van der Waals surface area contributed by atoms with Crippen LogP contribution in [0.25, 0.3) is 5.69 Å². The van der Waals surface area contributed by atoms with Crippen LogP contribution < -0.4 is 5.48 Å². The van der Waals surface area contributed by atoms with E-state index in [-0.39, 0.29) is 32.0 Å². The van der Waals surface area contributed by atoms with Gasteiger partial charge >= 0.3 is 0 Å². The minimum Gasteiger partial charge on any atom is -0.381 e. The average Bonchev–Trinajstić information content (AvgIpc) is 3.25. The monoisotopic (exact) mass is 449 g/mol. The minimum atomic E-state index is -3.95. The third-order valence-corrected chi connectivity index (χ3v) is 8.89. The summed E-state index contributed by atoms with van der Waals surface area (Å²) in [5.41, 5.74) is 4.41. The van der Waals surface area contributed by atoms with Crippen LogP contribution in [0.4, 0.5) is 0 Å². The largest absolute Gasteiger partial charge is 0.381 e. The van der Waals surface area contributed by atoms with Gasteiger partial charge in [-0.2, -0.15) is 5.10 Å². The van der Waals surface area contributed by atoms with E-state index in [1.165, 1.54) is 4.31 Å². The van der Waals surface area contributed by atoms with Gasteiger partial charge in [-0.25, -0.2) is 22.9 Å². The van der Waals surface area contributed by atoms with Crippen molar-refractivity contribution in [1.82, 2.24) is 24.5 Å². The lowest BCUT2D eigenvalue weighted by Crippen LogP contribution is -2.60. The fourth-order valence-electron chi connectivity index (χ4n) is 4.37. The van der Waals surface area contributed by atoms with E-state index in [9.17, 15) is 18.4 Å². The highest BCUT2D eigenvalue weighted by atomic mass is 32.2. The van der Waals surface area contributed by atoms with Crippen molar-refractivity contribution >= 4 is 15.9 Å². The van der Waals surface area contributed by atoms with Gasteiger partial charge in [-0.1, -0.05) is 0 Å². The Labute approximate surface area is 181 Å². The van der Waals surface area contributed by atoms with Crippen molar-refractivity contribution in [3.8, 4) is 5.69 Å². The average molecular weight is 450 g/mol. The summed E-state index contributed by atoms with van der Waals surface area (Å²) in [6.07, 6.45) is 6.75. The van der Waals surface area contributed by atoms with Gasteiger partial charge in [-0.3, -0.25) is 15.0 Å². The molecule has 168 valence electrons. The molecule has 4 heterocycles. The van der Waals surface area contributed by atoms with Gasteiger partial charge in [0.25, 0.3) is 5.91 Å². The van der Waals surface area contributed by atoms with E-state index >= 15 is 0 Å². The van der Waals surface area contributed by atoms with Crippen LogP contribution in [0.1, 0.15) is 42.9 Å². The summed E-state index contributed by atoms with van der Waals surface area (Å²) in [4.78, 5) is 17.0. The topological polar surface area (TPSA) is 127 Å². The molecule has 2 saturated heterocycles. The Kier molecular flexibility index (Phi) is 6.11. The molecule has 11 heteroatoms. The lowest BCUT2D eigenvalue weighted by molar-refractivity contribution is -0.134. The third kappa shape index (κ3) is 3.98. The van der Waals surface area contributed by atoms with Gasteiger partial charge < -0.3 is 4.74 Å². The van der Waals surface area contributed by atoms with E-state index in [1.54, 1.807) is 22.6 Å². The molecular formula is C20H27N5O5S. The summed E-state index contributed by atoms with van der Waals surface area (Å²) in [7, 11) is -3.95. The van der Waals surface area contributed by atoms with Gasteiger partial charge in [-0.15, -0.1) is 0 Å². The molecule has 0 aromatic carbocycles. The van der Waals surface area contributed by atoms with E-state index < -0.39 is 20.7 Å². The Balaban J connectivity index is 1.46. The number of hydrogen-bond donors (Lipinski definition) is 2. The lowest BCUT2D eigenvalue weighted by Gasteiger charge is -2.40. The van der Waals surface area contributed by atoms with Gasteiger partial charge in [0.05, 0.1) is 18.1 Å². The zero-order valence-electron chi connectivity index (χ0n) is 17.4. The first kappa shape index (κ1) is 21.9. The van der Waals surface area contributed by atoms with Crippen LogP contribution in [0.15, 0.2) is 30.7 Å². The quantitative estimate of drug-likeness (QED) is 0.518. The molecule has 0 spiro atoms. The summed E-state index contributed by atoms with van der Waals surface area (Å²) < 4.78 is 33.5. The van der Waals surface area contributed by atoms with Crippen LogP contribution >= 0.6 is 0 Å². The number of nitrogens with zero attached hydrogens (tertiary/aromatic N) is 4. The Morgan fingerprint density at radius 2 is 1.94 bits per heavy atom. The predicted molar refractivity (Wildman–Crippen MR) is 111 cm³/mol. The van der Waals surface area contributed by atoms with E-state index in [0.717, 1.165) is 16.9 Å². The number of carbonyl (C=O) groups excluding carboxylic acids is 1. The molecule has 2 aromatic heterocycles. The summed E-state index contributed by atoms with van der Waals surface area (Å²) in [6, 6.07) is 3.92. The van der Waals surface area contributed by atoms with E-state index in [1.807, 2.05) is 25.3 Å². The van der Waals surface area contributed by atoms with Crippen molar-refractivity contribution in [3.63, 3.8) is 0 Å². The van der Waals surface area contributed by atoms with E-state index in [0.29, 0.717) is 25.9 Å². The van der Waals surface area contributed by atoms with Crippen molar-refractivity contribution in [2.24, 2.45) is 0 Å². The zero-order valence-corrected chi connectivity index (χ0v) is 18.2. The van der Waals surface area contributed by atoms with E-state index in [4.69, 9.17) is 4.74 Å². The summed E-state index contributed by atoms with van der Waals surface area (Å²) >= 11 is 0. The molecule has 4 rings (SSSR count). The fraction of sp³-hybridized carbons (Fsp3) is 0.550. The zero-order chi connectivity index (χ0) is 22.1. The van der Waals surface area contributed by atoms with Gasteiger partial charge in [0.1, 0.15) is 0 Å². The van der Waals surface area contributed by atoms with Crippen molar-refractivity contribution in [3.05, 3.63) is 42.0 Å². The number of carbonyl (C=O) groups is 1. The highest BCUT2D eigenvalue weighted by Crippen LogP contribution is 2.36. The molecule has 0 saturated carbocycles. The van der Waals surface area contributed by atoms with Crippen molar-refractivity contribution in [2.45, 2.75) is 43.3 Å². The molecule has 31 heavy (non-hydrogen) atoms. The van der Waals surface area contributed by atoms with Crippen LogP contribution in [-0.2, 0) is 19.6 Å². The molecule has 2 N–H and O–H groups in total. The number of piperidine rings is 1. The Morgan fingerprint density at radius 3 is 2.48 bits per heavy atom. The third-order valence-electron chi connectivity index (χ3n) is 6.27. The number of ether oxygens (including phenoxy) is 1. The predicted octanol–water partition coefficient (Wildman–Crippen LogP) is 1.14. The molecule has 0 radical (unpaired) electrons. The van der Waals surface area contributed by atoms with Crippen molar-refractivity contribution in [2.75, 3.05) is 26.3 Å². The molecule has 2 aromatic rings. The van der Waals surface area contributed by atoms with Crippen LogP contribution in [0, 0.1) is 6.92 Å². The normalized spacial score (nSPS) is 20.5. The van der Waals surface area contributed by atoms with Crippen LogP contribution in [0.2, 0.25) is 0 Å². The second-order valence-corrected chi connectivity index (χ2v) is 10.4. The second kappa shape index (κ2) is 8.65. The first-order valence-electron chi connectivity index (χ1n) is 10.4. The maximum absolute atomic E-state index is 13.4. The lowest BCUT2D eigenvalue weighted by atomic mass is 9.94. The molecule has 0 atom stereocenters. The van der Waals surface area contributed by atoms with Crippen molar-refractivity contribution in [1.29, 1.82) is 0 Å². The fourth-order valence-corrected chi connectivity index (χ4v) is 6.52. The SMILES string of the molecule is Cc1cnn(-c2ccc(C3CCN(S(=O)(=O)C4(C(=O)NO)CCOCC4)CC3)nc2)c1. The molecule has 0 aliphatic carbocycles. The molecule has 2 fully saturated rings. The van der Waals surface area contributed by atoms with Gasteiger partial charge in [0, 0.05) is 57.0 Å². The highest BCUT2D eigenvalue weighted by Gasteiger charge is 2.54. The number of rotatable bonds is 5. The number of aromatic nitrogens is 3. The van der Waals surface area contributed by atoms with Gasteiger partial charge in [0.15, 0.2) is 4.75 Å². The van der Waals surface area contributed by atoms with Crippen molar-refractivity contribution < 1.29 is 23.2 Å². The first-order chi connectivity index (χ1) is 14.9. The maximum Gasteiger partial charge on any atom is 0.266 e. The maximum atomic E-state index is 13.4. The van der Waals surface area contributed by atoms with Gasteiger partial charge in [-0.05, 0) is 37.5 Å². The van der Waals surface area contributed by atoms with Crippen LogP contribution in [-0.4, -0.2) is 69.7 Å². The first-order valence-corrected chi connectivity index (χ1v) is 11.8. The molecule has 1 amide bonds. The number of hydroxylamine groups is 1. The Morgan fingerprint density at radius 1 is 1.23 bits per heavy atom. The second-order valence-electron chi connectivity index (χ2n) is 8.13. The summed E-state index contributed by atoms with van der Waals surface area (Å²) in [5.74, 6) is -0.749. The highest BCUT2D eigenvalue weighted by molar-refractivity contribution is 7.91. The van der Waals surface area contributed by atoms with E-state index in [2.05, 4.69) is 10.1 Å². The molecule has 10 nitrogen and oxygen atoms in total. The molecule has 0 bridgehead atoms. The number of nitrogens with one attached hydrogen (secondary N) is 1. The minimum absolute atomic E-state index is 0.0254. The smallest absolute Gasteiger partial charge is 0.266 e. The number of sulfonamides is 1.